The molecule has 4 nitrogen and oxygen atoms in total. The van der Waals surface area contributed by atoms with Gasteiger partial charge in [-0.15, -0.1) is 0 Å². The number of methoxy groups -OCH3 is 1. The topological polar surface area (TPSA) is 63.0 Å². The molecule has 4 heteroatoms. The molecule has 1 atom stereocenters. The lowest BCUT2D eigenvalue weighted by atomic mass is 9.91. The molecular formula is C16H14N2O2. The molecule has 0 N–H and O–H groups in total. The second-order valence-corrected chi connectivity index (χ2v) is 4.41. The summed E-state index contributed by atoms with van der Waals surface area (Å²) in [5.74, 6) is -0.627. The molecule has 0 radical (unpaired) electrons. The highest BCUT2D eigenvalue weighted by atomic mass is 16.5. The summed E-state index contributed by atoms with van der Waals surface area (Å²) in [6.07, 6.45) is 3.06. The van der Waals surface area contributed by atoms with Gasteiger partial charge in [-0.2, -0.15) is 5.26 Å². The van der Waals surface area contributed by atoms with Crippen molar-refractivity contribution >= 4 is 5.78 Å². The molecule has 0 saturated heterocycles. The first-order chi connectivity index (χ1) is 9.67. The second-order valence-electron chi connectivity index (χ2n) is 4.41. The van der Waals surface area contributed by atoms with Gasteiger partial charge in [0.05, 0.1) is 13.2 Å². The minimum atomic E-state index is -0.894. The number of hydrogen-bond donors (Lipinski definition) is 0. The van der Waals surface area contributed by atoms with Gasteiger partial charge in [0.25, 0.3) is 0 Å². The SMILES string of the molecule is COc1ccc(C)cc1C(C#N)C(=O)c1cccnc1. The monoisotopic (exact) mass is 266 g/mol. The van der Waals surface area contributed by atoms with Crippen molar-refractivity contribution in [1.82, 2.24) is 4.98 Å². The van der Waals surface area contributed by atoms with Crippen LogP contribution in [0.25, 0.3) is 0 Å². The van der Waals surface area contributed by atoms with Gasteiger partial charge in [-0.25, -0.2) is 0 Å². The average molecular weight is 266 g/mol. The number of ether oxygens (including phenoxy) is 1. The van der Waals surface area contributed by atoms with Crippen LogP contribution in [0.2, 0.25) is 0 Å². The van der Waals surface area contributed by atoms with Gasteiger partial charge in [-0.05, 0) is 25.1 Å². The van der Waals surface area contributed by atoms with E-state index in [1.165, 1.54) is 13.3 Å². The number of ketones is 1. The van der Waals surface area contributed by atoms with Crippen molar-refractivity contribution < 1.29 is 9.53 Å². The van der Waals surface area contributed by atoms with E-state index in [1.807, 2.05) is 13.0 Å². The lowest BCUT2D eigenvalue weighted by Gasteiger charge is -2.13. The van der Waals surface area contributed by atoms with Gasteiger partial charge in [-0.1, -0.05) is 17.7 Å². The molecular weight excluding hydrogens is 252 g/mol. The third-order valence-electron chi connectivity index (χ3n) is 3.03. The molecule has 1 aromatic carbocycles. The van der Waals surface area contributed by atoms with Gasteiger partial charge in [0.1, 0.15) is 11.7 Å². The Hall–Kier alpha value is -2.67. The quantitative estimate of drug-likeness (QED) is 0.798. The number of benzene rings is 1. The maximum absolute atomic E-state index is 12.4. The van der Waals surface area contributed by atoms with E-state index in [4.69, 9.17) is 4.74 Å². The van der Waals surface area contributed by atoms with Crippen molar-refractivity contribution in [3.05, 3.63) is 59.4 Å². The molecule has 20 heavy (non-hydrogen) atoms. The van der Waals surface area contributed by atoms with Crippen LogP contribution < -0.4 is 4.74 Å². The zero-order valence-electron chi connectivity index (χ0n) is 11.3. The van der Waals surface area contributed by atoms with Crippen LogP contribution in [0, 0.1) is 18.3 Å². The summed E-state index contributed by atoms with van der Waals surface area (Å²) in [6.45, 7) is 1.91. The van der Waals surface area contributed by atoms with E-state index in [1.54, 1.807) is 30.5 Å². The summed E-state index contributed by atoms with van der Waals surface area (Å²) in [5, 5.41) is 9.38. The highest BCUT2D eigenvalue weighted by molar-refractivity contribution is 6.02. The van der Waals surface area contributed by atoms with Crippen LogP contribution in [0.1, 0.15) is 27.4 Å². The molecule has 1 unspecified atom stereocenters. The largest absolute Gasteiger partial charge is 0.496 e. The molecule has 100 valence electrons. The number of nitriles is 1. The van der Waals surface area contributed by atoms with E-state index in [0.29, 0.717) is 16.9 Å². The number of carbonyl (C=O) groups is 1. The first-order valence-electron chi connectivity index (χ1n) is 6.15. The number of rotatable bonds is 4. The summed E-state index contributed by atoms with van der Waals surface area (Å²) in [4.78, 5) is 16.4. The van der Waals surface area contributed by atoms with Gasteiger partial charge >= 0.3 is 0 Å². The molecule has 1 heterocycles. The van der Waals surface area contributed by atoms with E-state index >= 15 is 0 Å². The maximum Gasteiger partial charge on any atom is 0.186 e. The number of carbonyl (C=O) groups excluding carboxylic acids is 1. The van der Waals surface area contributed by atoms with Gasteiger partial charge in [0.15, 0.2) is 5.78 Å². The summed E-state index contributed by atoms with van der Waals surface area (Å²) < 4.78 is 5.25. The standard InChI is InChI=1S/C16H14N2O2/c1-11-5-6-15(20-2)13(8-11)14(9-17)16(19)12-4-3-7-18-10-12/h3-8,10,14H,1-2H3. The third kappa shape index (κ3) is 2.67. The molecule has 2 aromatic rings. The molecule has 0 aliphatic heterocycles. The van der Waals surface area contributed by atoms with E-state index in [9.17, 15) is 10.1 Å². The fraction of sp³-hybridized carbons (Fsp3) is 0.188. The number of pyridine rings is 1. The Morgan fingerprint density at radius 1 is 1.40 bits per heavy atom. The van der Waals surface area contributed by atoms with Gasteiger partial charge in [-0.3, -0.25) is 9.78 Å². The normalized spacial score (nSPS) is 11.4. The highest BCUT2D eigenvalue weighted by Gasteiger charge is 2.25. The van der Waals surface area contributed by atoms with Gasteiger partial charge in [0, 0.05) is 23.5 Å². The lowest BCUT2D eigenvalue weighted by molar-refractivity contribution is 0.0977. The fourth-order valence-electron chi connectivity index (χ4n) is 2.02. The Balaban J connectivity index is 2.46. The Bertz CT molecular complexity index is 660. The molecule has 0 spiro atoms. The van der Waals surface area contributed by atoms with Crippen molar-refractivity contribution in [2.24, 2.45) is 0 Å². The first kappa shape index (κ1) is 13.8. The van der Waals surface area contributed by atoms with E-state index in [0.717, 1.165) is 5.56 Å². The third-order valence-corrected chi connectivity index (χ3v) is 3.03. The Labute approximate surface area is 117 Å². The van der Waals surface area contributed by atoms with Crippen molar-refractivity contribution in [1.29, 1.82) is 5.26 Å². The molecule has 0 fully saturated rings. The van der Waals surface area contributed by atoms with E-state index < -0.39 is 5.92 Å². The maximum atomic E-state index is 12.4. The summed E-state index contributed by atoms with van der Waals surface area (Å²) >= 11 is 0. The van der Waals surface area contributed by atoms with E-state index in [-0.39, 0.29) is 5.78 Å². The molecule has 0 aliphatic rings. The highest BCUT2D eigenvalue weighted by Crippen LogP contribution is 2.29. The molecule has 0 amide bonds. The van der Waals surface area contributed by atoms with Crippen LogP contribution in [0.15, 0.2) is 42.7 Å². The minimum absolute atomic E-state index is 0.274. The van der Waals surface area contributed by atoms with Crippen molar-refractivity contribution in [3.63, 3.8) is 0 Å². The first-order valence-corrected chi connectivity index (χ1v) is 6.15. The summed E-state index contributed by atoms with van der Waals surface area (Å²) in [5.41, 5.74) is 1.98. The number of nitrogens with zero attached hydrogens (tertiary/aromatic N) is 2. The summed E-state index contributed by atoms with van der Waals surface area (Å²) in [7, 11) is 1.52. The van der Waals surface area contributed by atoms with Gasteiger partial charge in [0.2, 0.25) is 0 Å². The zero-order valence-corrected chi connectivity index (χ0v) is 11.3. The number of Topliss-reactive ketones (excluding diaryl/α,β-unsaturated/α-hetero) is 1. The Kier molecular flexibility index (Phi) is 4.11. The lowest BCUT2D eigenvalue weighted by Crippen LogP contribution is -2.12. The number of hydrogen-bond acceptors (Lipinski definition) is 4. The Morgan fingerprint density at radius 2 is 2.20 bits per heavy atom. The van der Waals surface area contributed by atoms with Crippen LogP contribution >= 0.6 is 0 Å². The molecule has 2 rings (SSSR count). The molecule has 0 bridgehead atoms. The smallest absolute Gasteiger partial charge is 0.186 e. The van der Waals surface area contributed by atoms with Crippen LogP contribution in [0.3, 0.4) is 0 Å². The predicted octanol–water partition coefficient (Wildman–Crippen LogP) is 2.89. The molecule has 0 saturated carbocycles. The van der Waals surface area contributed by atoms with Gasteiger partial charge < -0.3 is 4.74 Å². The number of aryl methyl sites for hydroxylation is 1. The van der Waals surface area contributed by atoms with Crippen molar-refractivity contribution in [2.75, 3.05) is 7.11 Å². The molecule has 0 aliphatic carbocycles. The Morgan fingerprint density at radius 3 is 2.80 bits per heavy atom. The second kappa shape index (κ2) is 5.98. The van der Waals surface area contributed by atoms with Crippen molar-refractivity contribution in [3.8, 4) is 11.8 Å². The molecule has 1 aromatic heterocycles. The zero-order chi connectivity index (χ0) is 14.5. The predicted molar refractivity (Wildman–Crippen MR) is 74.7 cm³/mol. The fourth-order valence-corrected chi connectivity index (χ4v) is 2.02. The van der Waals surface area contributed by atoms with Crippen LogP contribution in [-0.2, 0) is 0 Å². The van der Waals surface area contributed by atoms with Crippen molar-refractivity contribution in [2.45, 2.75) is 12.8 Å². The summed E-state index contributed by atoms with van der Waals surface area (Å²) in [6, 6.07) is 10.8. The minimum Gasteiger partial charge on any atom is -0.496 e. The van der Waals surface area contributed by atoms with E-state index in [2.05, 4.69) is 11.1 Å². The van der Waals surface area contributed by atoms with Crippen LogP contribution in [0.4, 0.5) is 0 Å². The van der Waals surface area contributed by atoms with Crippen LogP contribution in [-0.4, -0.2) is 17.9 Å². The van der Waals surface area contributed by atoms with Crippen LogP contribution in [0.5, 0.6) is 5.75 Å². The number of aromatic nitrogens is 1. The average Bonchev–Trinajstić information content (AvgIpc) is 2.49.